The second-order valence-corrected chi connectivity index (χ2v) is 6.46. The van der Waals surface area contributed by atoms with E-state index in [1.165, 1.54) is 6.42 Å². The summed E-state index contributed by atoms with van der Waals surface area (Å²) in [6, 6.07) is 7.41. The molecule has 0 radical (unpaired) electrons. The molecule has 1 aliphatic heterocycles. The highest BCUT2D eigenvalue weighted by atomic mass is 16.2. The fourth-order valence-corrected chi connectivity index (χ4v) is 3.35. The zero-order chi connectivity index (χ0) is 17.2. The van der Waals surface area contributed by atoms with Crippen LogP contribution in [0.1, 0.15) is 43.9 Å². The molecule has 1 N–H and O–H groups in total. The highest BCUT2D eigenvalue weighted by Crippen LogP contribution is 2.18. The number of nitrogens with zero attached hydrogens (tertiary/aromatic N) is 6. The molecule has 1 amide bonds. The van der Waals surface area contributed by atoms with Gasteiger partial charge in [-0.2, -0.15) is 0 Å². The standard InChI is InChI=1S/C17H21N7O/c1-12(17-21-20-15-9-3-2-6-10-23(15)17)18-16(25)11-24-14-8-5-4-7-13(14)19-22-24/h4-5,7-8,12H,2-3,6,9-11H2,1H3,(H,18,25)/t12-/m0/s1. The molecule has 4 rings (SSSR count). The van der Waals surface area contributed by atoms with Crippen LogP contribution >= 0.6 is 0 Å². The third-order valence-corrected chi connectivity index (χ3v) is 4.62. The van der Waals surface area contributed by atoms with Crippen LogP contribution < -0.4 is 5.32 Å². The molecule has 0 saturated carbocycles. The van der Waals surface area contributed by atoms with Gasteiger partial charge in [-0.3, -0.25) is 4.79 Å². The number of carbonyl (C=O) groups is 1. The van der Waals surface area contributed by atoms with Crippen LogP contribution in [-0.4, -0.2) is 35.7 Å². The van der Waals surface area contributed by atoms with Gasteiger partial charge in [-0.1, -0.05) is 23.8 Å². The largest absolute Gasteiger partial charge is 0.345 e. The molecule has 0 unspecified atom stereocenters. The minimum Gasteiger partial charge on any atom is -0.345 e. The van der Waals surface area contributed by atoms with Gasteiger partial charge in [0.05, 0.1) is 11.6 Å². The number of carbonyl (C=O) groups excluding carboxylic acids is 1. The normalized spacial score (nSPS) is 15.6. The molecule has 1 atom stereocenters. The summed E-state index contributed by atoms with van der Waals surface area (Å²) < 4.78 is 3.77. The molecule has 0 aliphatic carbocycles. The summed E-state index contributed by atoms with van der Waals surface area (Å²) in [5, 5.41) is 19.7. The van der Waals surface area contributed by atoms with Gasteiger partial charge in [0.15, 0.2) is 5.82 Å². The Labute approximate surface area is 145 Å². The van der Waals surface area contributed by atoms with Crippen LogP contribution in [0.5, 0.6) is 0 Å². The van der Waals surface area contributed by atoms with Crippen LogP contribution in [-0.2, 0) is 24.3 Å². The lowest BCUT2D eigenvalue weighted by Gasteiger charge is -2.15. The lowest BCUT2D eigenvalue weighted by Crippen LogP contribution is -2.32. The summed E-state index contributed by atoms with van der Waals surface area (Å²) in [5.74, 6) is 1.73. The molecule has 25 heavy (non-hydrogen) atoms. The van der Waals surface area contributed by atoms with E-state index in [9.17, 15) is 4.79 Å². The van der Waals surface area contributed by atoms with Gasteiger partial charge in [0.2, 0.25) is 5.91 Å². The maximum absolute atomic E-state index is 12.4. The van der Waals surface area contributed by atoms with Crippen LogP contribution in [0, 0.1) is 0 Å². The van der Waals surface area contributed by atoms with E-state index in [0.29, 0.717) is 0 Å². The Morgan fingerprint density at radius 2 is 2.08 bits per heavy atom. The van der Waals surface area contributed by atoms with E-state index in [0.717, 1.165) is 48.5 Å². The third-order valence-electron chi connectivity index (χ3n) is 4.62. The number of amides is 1. The van der Waals surface area contributed by atoms with Gasteiger partial charge in [-0.15, -0.1) is 15.3 Å². The minimum absolute atomic E-state index is 0.117. The number of benzene rings is 1. The summed E-state index contributed by atoms with van der Waals surface area (Å²) in [6.45, 7) is 3.00. The number of aromatic nitrogens is 6. The van der Waals surface area contributed by atoms with E-state index in [2.05, 4.69) is 30.4 Å². The lowest BCUT2D eigenvalue weighted by atomic mass is 10.2. The fraction of sp³-hybridized carbons (Fsp3) is 0.471. The summed E-state index contributed by atoms with van der Waals surface area (Å²) in [6.07, 6.45) is 4.45. The molecule has 0 bridgehead atoms. The van der Waals surface area contributed by atoms with Crippen molar-refractivity contribution in [1.29, 1.82) is 0 Å². The Kier molecular flexibility index (Phi) is 4.17. The predicted molar refractivity (Wildman–Crippen MR) is 91.7 cm³/mol. The predicted octanol–water partition coefficient (Wildman–Crippen LogP) is 1.63. The van der Waals surface area contributed by atoms with Crippen molar-refractivity contribution in [3.8, 4) is 0 Å². The topological polar surface area (TPSA) is 90.5 Å². The average molecular weight is 339 g/mol. The molecule has 0 fully saturated rings. The van der Waals surface area contributed by atoms with E-state index in [1.807, 2.05) is 31.2 Å². The first-order valence-corrected chi connectivity index (χ1v) is 8.72. The van der Waals surface area contributed by atoms with Crippen LogP contribution in [0.2, 0.25) is 0 Å². The molecule has 8 nitrogen and oxygen atoms in total. The third kappa shape index (κ3) is 3.11. The number of hydrogen-bond acceptors (Lipinski definition) is 5. The summed E-state index contributed by atoms with van der Waals surface area (Å²) in [5.41, 5.74) is 1.63. The van der Waals surface area contributed by atoms with Crippen molar-refractivity contribution in [2.24, 2.45) is 0 Å². The number of fused-ring (bicyclic) bond motifs is 2. The number of rotatable bonds is 4. The molecular formula is C17H21N7O. The van der Waals surface area contributed by atoms with Crippen molar-refractivity contribution in [2.45, 2.75) is 51.7 Å². The Morgan fingerprint density at radius 3 is 3.00 bits per heavy atom. The van der Waals surface area contributed by atoms with Crippen molar-refractivity contribution < 1.29 is 4.79 Å². The van der Waals surface area contributed by atoms with E-state index >= 15 is 0 Å². The SMILES string of the molecule is C[C@H](NC(=O)Cn1nnc2ccccc21)c1nnc2n1CCCCC2. The highest BCUT2D eigenvalue weighted by Gasteiger charge is 2.21. The van der Waals surface area contributed by atoms with Gasteiger partial charge >= 0.3 is 0 Å². The quantitative estimate of drug-likeness (QED) is 0.780. The molecule has 0 spiro atoms. The highest BCUT2D eigenvalue weighted by molar-refractivity contribution is 5.79. The molecule has 1 aromatic carbocycles. The monoisotopic (exact) mass is 339 g/mol. The second kappa shape index (κ2) is 6.62. The Balaban J connectivity index is 1.47. The Morgan fingerprint density at radius 1 is 1.20 bits per heavy atom. The van der Waals surface area contributed by atoms with Crippen molar-refractivity contribution in [3.63, 3.8) is 0 Å². The van der Waals surface area contributed by atoms with E-state index < -0.39 is 0 Å². The van der Waals surface area contributed by atoms with E-state index in [-0.39, 0.29) is 18.5 Å². The maximum Gasteiger partial charge on any atom is 0.242 e. The van der Waals surface area contributed by atoms with Crippen LogP contribution in [0.25, 0.3) is 11.0 Å². The lowest BCUT2D eigenvalue weighted by molar-refractivity contribution is -0.122. The van der Waals surface area contributed by atoms with Crippen molar-refractivity contribution in [1.82, 2.24) is 35.1 Å². The first-order valence-electron chi connectivity index (χ1n) is 8.72. The summed E-state index contributed by atoms with van der Waals surface area (Å²) in [4.78, 5) is 12.4. The summed E-state index contributed by atoms with van der Waals surface area (Å²) in [7, 11) is 0. The molecule has 130 valence electrons. The molecule has 3 heterocycles. The average Bonchev–Trinajstić information content (AvgIpc) is 3.12. The molecule has 0 saturated heterocycles. The van der Waals surface area contributed by atoms with Crippen molar-refractivity contribution in [3.05, 3.63) is 35.9 Å². The molecule has 1 aliphatic rings. The number of hydrogen-bond donors (Lipinski definition) is 1. The van der Waals surface area contributed by atoms with Crippen molar-refractivity contribution in [2.75, 3.05) is 0 Å². The molecular weight excluding hydrogens is 318 g/mol. The van der Waals surface area contributed by atoms with Gasteiger partial charge < -0.3 is 9.88 Å². The number of para-hydroxylation sites is 1. The number of nitrogens with one attached hydrogen (secondary N) is 1. The zero-order valence-corrected chi connectivity index (χ0v) is 14.2. The van der Waals surface area contributed by atoms with Crippen LogP contribution in [0.4, 0.5) is 0 Å². The second-order valence-electron chi connectivity index (χ2n) is 6.46. The van der Waals surface area contributed by atoms with Gasteiger partial charge in [-0.25, -0.2) is 4.68 Å². The van der Waals surface area contributed by atoms with Crippen LogP contribution in [0.15, 0.2) is 24.3 Å². The minimum atomic E-state index is -0.193. The molecule has 3 aromatic rings. The smallest absolute Gasteiger partial charge is 0.242 e. The fourth-order valence-electron chi connectivity index (χ4n) is 3.35. The first kappa shape index (κ1) is 15.7. The van der Waals surface area contributed by atoms with E-state index in [1.54, 1.807) is 4.68 Å². The Hall–Kier alpha value is -2.77. The van der Waals surface area contributed by atoms with E-state index in [4.69, 9.17) is 0 Å². The van der Waals surface area contributed by atoms with Gasteiger partial charge in [0, 0.05) is 13.0 Å². The van der Waals surface area contributed by atoms with Gasteiger partial charge in [0.25, 0.3) is 0 Å². The molecule has 2 aromatic heterocycles. The van der Waals surface area contributed by atoms with Gasteiger partial charge in [-0.05, 0) is 31.9 Å². The zero-order valence-electron chi connectivity index (χ0n) is 14.2. The first-order chi connectivity index (χ1) is 12.2. The van der Waals surface area contributed by atoms with Gasteiger partial charge in [0.1, 0.15) is 17.9 Å². The van der Waals surface area contributed by atoms with Crippen molar-refractivity contribution >= 4 is 16.9 Å². The van der Waals surface area contributed by atoms with Crippen LogP contribution in [0.3, 0.4) is 0 Å². The Bertz CT molecular complexity index is 897. The number of aryl methyl sites for hydroxylation is 1. The summed E-state index contributed by atoms with van der Waals surface area (Å²) >= 11 is 0. The molecule has 8 heteroatoms. The maximum atomic E-state index is 12.4.